The number of imidazole rings is 1. The Morgan fingerprint density at radius 2 is 2.27 bits per heavy atom. The lowest BCUT2D eigenvalue weighted by atomic mass is 9.92. The van der Waals surface area contributed by atoms with Crippen molar-refractivity contribution in [2.45, 2.75) is 30.0 Å². The number of nitrogens with one attached hydrogen (secondary N) is 2. The molecule has 0 spiro atoms. The SMILES string of the molecule is CSc1ncn(C)c1CC1NC(C(=O)O)Cc2c1[nH]c1ccc(O)cc21. The van der Waals surface area contributed by atoms with Crippen LogP contribution in [0, 0.1) is 0 Å². The van der Waals surface area contributed by atoms with Gasteiger partial charge < -0.3 is 19.8 Å². The van der Waals surface area contributed by atoms with Crippen LogP contribution in [0.15, 0.2) is 29.6 Å². The topological polar surface area (TPSA) is 103 Å². The lowest BCUT2D eigenvalue weighted by Crippen LogP contribution is -2.45. The van der Waals surface area contributed by atoms with Crippen molar-refractivity contribution in [2.75, 3.05) is 6.26 Å². The van der Waals surface area contributed by atoms with Crippen LogP contribution in [0.5, 0.6) is 5.75 Å². The molecule has 2 aromatic heterocycles. The van der Waals surface area contributed by atoms with Gasteiger partial charge in [-0.1, -0.05) is 0 Å². The Bertz CT molecular complexity index is 994. The Morgan fingerprint density at radius 3 is 3.00 bits per heavy atom. The van der Waals surface area contributed by atoms with E-state index in [-0.39, 0.29) is 11.8 Å². The van der Waals surface area contributed by atoms with Crippen LogP contribution in [0.25, 0.3) is 10.9 Å². The zero-order chi connectivity index (χ0) is 18.4. The summed E-state index contributed by atoms with van der Waals surface area (Å²) in [5.41, 5.74) is 3.91. The lowest BCUT2D eigenvalue weighted by molar-refractivity contribution is -0.139. The quantitative estimate of drug-likeness (QED) is 0.524. The van der Waals surface area contributed by atoms with Crippen molar-refractivity contribution in [2.24, 2.45) is 7.05 Å². The summed E-state index contributed by atoms with van der Waals surface area (Å²) in [6, 6.07) is 4.32. The minimum Gasteiger partial charge on any atom is -0.508 e. The molecular formula is C18H20N4O3S. The summed E-state index contributed by atoms with van der Waals surface area (Å²) in [4.78, 5) is 19.5. The summed E-state index contributed by atoms with van der Waals surface area (Å²) in [6.07, 6.45) is 4.77. The van der Waals surface area contributed by atoms with Gasteiger partial charge in [0.15, 0.2) is 0 Å². The molecule has 0 saturated carbocycles. The van der Waals surface area contributed by atoms with E-state index in [9.17, 15) is 15.0 Å². The highest BCUT2D eigenvalue weighted by Gasteiger charge is 2.34. The number of rotatable bonds is 4. The highest BCUT2D eigenvalue weighted by Crippen LogP contribution is 2.35. The fraction of sp³-hybridized carbons (Fsp3) is 0.333. The second-order valence-electron chi connectivity index (χ2n) is 6.58. The number of H-pyrrole nitrogens is 1. The highest BCUT2D eigenvalue weighted by molar-refractivity contribution is 7.98. The minimum atomic E-state index is -0.870. The average molecular weight is 372 g/mol. The molecule has 8 heteroatoms. The van der Waals surface area contributed by atoms with Gasteiger partial charge in [-0.15, -0.1) is 11.8 Å². The third-order valence-electron chi connectivity index (χ3n) is 4.99. The molecule has 1 aliphatic rings. The molecule has 0 radical (unpaired) electrons. The van der Waals surface area contributed by atoms with E-state index in [2.05, 4.69) is 15.3 Å². The van der Waals surface area contributed by atoms with E-state index < -0.39 is 12.0 Å². The maximum absolute atomic E-state index is 11.7. The number of carboxylic acids is 1. The first-order valence-electron chi connectivity index (χ1n) is 8.34. The molecule has 0 aliphatic carbocycles. The Balaban J connectivity index is 1.81. The molecule has 7 nitrogen and oxygen atoms in total. The number of aryl methyl sites for hydroxylation is 1. The Labute approximate surface area is 154 Å². The number of aliphatic carboxylic acids is 1. The molecule has 0 bridgehead atoms. The number of thioether (sulfide) groups is 1. The van der Waals surface area contributed by atoms with Crippen LogP contribution >= 0.6 is 11.8 Å². The van der Waals surface area contributed by atoms with Crippen molar-refractivity contribution in [1.29, 1.82) is 0 Å². The van der Waals surface area contributed by atoms with E-state index in [0.717, 1.165) is 32.9 Å². The largest absolute Gasteiger partial charge is 0.508 e. The number of fused-ring (bicyclic) bond motifs is 3. The van der Waals surface area contributed by atoms with Crippen LogP contribution in [-0.2, 0) is 24.7 Å². The number of hydrogen-bond donors (Lipinski definition) is 4. The predicted octanol–water partition coefficient (Wildman–Crippen LogP) is 2.21. The van der Waals surface area contributed by atoms with E-state index in [1.165, 1.54) is 0 Å². The van der Waals surface area contributed by atoms with E-state index in [1.54, 1.807) is 30.2 Å². The van der Waals surface area contributed by atoms with Crippen LogP contribution in [0.3, 0.4) is 0 Å². The second-order valence-corrected chi connectivity index (χ2v) is 7.37. The van der Waals surface area contributed by atoms with Gasteiger partial charge in [0.2, 0.25) is 0 Å². The first kappa shape index (κ1) is 17.0. The zero-order valence-corrected chi connectivity index (χ0v) is 15.3. The van der Waals surface area contributed by atoms with Crippen LogP contribution < -0.4 is 5.32 Å². The van der Waals surface area contributed by atoms with Gasteiger partial charge in [0.1, 0.15) is 16.8 Å². The van der Waals surface area contributed by atoms with Gasteiger partial charge in [-0.05, 0) is 30.0 Å². The van der Waals surface area contributed by atoms with E-state index >= 15 is 0 Å². The van der Waals surface area contributed by atoms with Crippen molar-refractivity contribution >= 4 is 28.6 Å². The predicted molar refractivity (Wildman–Crippen MR) is 99.7 cm³/mol. The number of carboxylic acid groups (broad SMARTS) is 1. The summed E-state index contributed by atoms with van der Waals surface area (Å²) in [5.74, 6) is -0.692. The Kier molecular flexibility index (Phi) is 4.16. The lowest BCUT2D eigenvalue weighted by Gasteiger charge is -2.29. The van der Waals surface area contributed by atoms with Crippen molar-refractivity contribution in [1.82, 2.24) is 19.9 Å². The molecule has 4 rings (SSSR count). The van der Waals surface area contributed by atoms with Crippen molar-refractivity contribution in [3.8, 4) is 5.75 Å². The maximum atomic E-state index is 11.7. The van der Waals surface area contributed by atoms with Gasteiger partial charge in [-0.25, -0.2) is 4.98 Å². The molecule has 26 heavy (non-hydrogen) atoms. The van der Waals surface area contributed by atoms with Crippen molar-refractivity contribution in [3.63, 3.8) is 0 Å². The molecule has 1 aliphatic heterocycles. The molecule has 0 saturated heterocycles. The summed E-state index contributed by atoms with van der Waals surface area (Å²) in [7, 11) is 1.95. The number of hydrogen-bond acceptors (Lipinski definition) is 5. The highest BCUT2D eigenvalue weighted by atomic mass is 32.2. The zero-order valence-electron chi connectivity index (χ0n) is 14.5. The number of aromatic amines is 1. The number of aromatic hydroxyl groups is 1. The van der Waals surface area contributed by atoms with Gasteiger partial charge in [0.25, 0.3) is 0 Å². The average Bonchev–Trinajstić information content (AvgIpc) is 3.15. The monoisotopic (exact) mass is 372 g/mol. The number of aromatic nitrogens is 3. The molecular weight excluding hydrogens is 352 g/mol. The first-order valence-corrected chi connectivity index (χ1v) is 9.57. The first-order chi connectivity index (χ1) is 12.5. The fourth-order valence-corrected chi connectivity index (χ4v) is 4.33. The molecule has 0 fully saturated rings. The summed E-state index contributed by atoms with van der Waals surface area (Å²) in [6.45, 7) is 0. The second kappa shape index (κ2) is 6.37. The number of nitrogens with zero attached hydrogens (tertiary/aromatic N) is 2. The van der Waals surface area contributed by atoms with Gasteiger partial charge in [-0.3, -0.25) is 10.1 Å². The third-order valence-corrected chi connectivity index (χ3v) is 5.72. The van der Waals surface area contributed by atoms with Gasteiger partial charge in [-0.2, -0.15) is 0 Å². The van der Waals surface area contributed by atoms with Crippen LogP contribution in [0.4, 0.5) is 0 Å². The third kappa shape index (κ3) is 2.75. The van der Waals surface area contributed by atoms with E-state index in [0.29, 0.717) is 12.8 Å². The van der Waals surface area contributed by atoms with Crippen LogP contribution in [0.2, 0.25) is 0 Å². The smallest absolute Gasteiger partial charge is 0.321 e. The Hall–Kier alpha value is -2.45. The van der Waals surface area contributed by atoms with Crippen LogP contribution in [0.1, 0.15) is 23.0 Å². The van der Waals surface area contributed by atoms with Gasteiger partial charge in [0, 0.05) is 36.5 Å². The van der Waals surface area contributed by atoms with Crippen molar-refractivity contribution < 1.29 is 15.0 Å². The molecule has 0 amide bonds. The van der Waals surface area contributed by atoms with Crippen LogP contribution in [-0.4, -0.2) is 43.0 Å². The van der Waals surface area contributed by atoms with E-state index in [1.807, 2.05) is 23.9 Å². The summed E-state index contributed by atoms with van der Waals surface area (Å²) < 4.78 is 1.98. The number of carbonyl (C=O) groups is 1. The fourth-order valence-electron chi connectivity index (χ4n) is 3.71. The van der Waals surface area contributed by atoms with Crippen molar-refractivity contribution in [3.05, 3.63) is 41.5 Å². The molecule has 2 atom stereocenters. The molecule has 3 heterocycles. The number of phenols is 1. The molecule has 1 aromatic carbocycles. The van der Waals surface area contributed by atoms with Gasteiger partial charge in [0.05, 0.1) is 18.1 Å². The summed E-state index contributed by atoms with van der Waals surface area (Å²) >= 11 is 1.58. The molecule has 136 valence electrons. The molecule has 4 N–H and O–H groups in total. The van der Waals surface area contributed by atoms with Gasteiger partial charge >= 0.3 is 5.97 Å². The molecule has 2 unspecified atom stereocenters. The Morgan fingerprint density at radius 1 is 1.46 bits per heavy atom. The minimum absolute atomic E-state index is 0.171. The summed E-state index contributed by atoms with van der Waals surface area (Å²) in [5, 5.41) is 24.5. The molecule has 3 aromatic rings. The van der Waals surface area contributed by atoms with E-state index in [4.69, 9.17) is 0 Å². The number of phenolic OH excluding ortho intramolecular Hbond substituents is 1. The maximum Gasteiger partial charge on any atom is 0.321 e. The normalized spacial score (nSPS) is 19.6. The standard InChI is InChI=1S/C18H20N4O3S/c1-22-8-19-17(26-2)15(22)7-13-16-11(6-14(20-13)18(24)25)10-5-9(23)3-4-12(10)21-16/h3-5,8,13-14,20-21,23H,6-7H2,1-2H3,(H,24,25). The number of benzene rings is 1.